The summed E-state index contributed by atoms with van der Waals surface area (Å²) in [5.74, 6) is -1.69. The van der Waals surface area contributed by atoms with Gasteiger partial charge in [-0.25, -0.2) is 5.43 Å². The zero-order chi connectivity index (χ0) is 16.8. The molecule has 0 bridgehead atoms. The first-order valence-corrected chi connectivity index (χ1v) is 7.37. The average molecular weight is 350 g/mol. The first kappa shape index (κ1) is 17.0. The Morgan fingerprint density at radius 2 is 1.65 bits per heavy atom. The lowest BCUT2D eigenvalue weighted by atomic mass is 10.2. The maximum absolute atomic E-state index is 11.8. The van der Waals surface area contributed by atoms with E-state index in [-0.39, 0.29) is 0 Å². The molecule has 23 heavy (non-hydrogen) atoms. The van der Waals surface area contributed by atoms with E-state index in [2.05, 4.69) is 15.8 Å². The summed E-state index contributed by atoms with van der Waals surface area (Å²) in [5, 5.41) is 7.37. The van der Waals surface area contributed by atoms with Crippen molar-refractivity contribution >= 4 is 46.9 Å². The lowest BCUT2D eigenvalue weighted by Gasteiger charge is -2.07. The van der Waals surface area contributed by atoms with Crippen molar-refractivity contribution in [3.05, 3.63) is 63.6 Å². The van der Waals surface area contributed by atoms with Crippen molar-refractivity contribution in [2.45, 2.75) is 6.92 Å². The van der Waals surface area contributed by atoms with Gasteiger partial charge in [-0.15, -0.1) is 0 Å². The van der Waals surface area contributed by atoms with Gasteiger partial charge >= 0.3 is 11.8 Å². The summed E-state index contributed by atoms with van der Waals surface area (Å²) < 4.78 is 0. The Labute approximate surface area is 143 Å². The van der Waals surface area contributed by atoms with E-state index in [0.717, 1.165) is 11.1 Å². The number of carbonyl (C=O) groups is 2. The van der Waals surface area contributed by atoms with E-state index in [9.17, 15) is 9.59 Å². The molecule has 0 radical (unpaired) electrons. The number of hydrogen-bond donors (Lipinski definition) is 2. The van der Waals surface area contributed by atoms with Crippen LogP contribution in [-0.4, -0.2) is 18.0 Å². The third kappa shape index (κ3) is 5.09. The number of amides is 2. The SMILES string of the molecule is Cc1cc(Cl)ccc1NC(=O)C(=O)N/N=C/c1ccc(Cl)cc1. The molecule has 0 spiro atoms. The molecule has 0 saturated heterocycles. The van der Waals surface area contributed by atoms with E-state index in [4.69, 9.17) is 23.2 Å². The second kappa shape index (κ2) is 7.76. The number of halogens is 2. The van der Waals surface area contributed by atoms with Gasteiger partial charge in [0, 0.05) is 15.7 Å². The van der Waals surface area contributed by atoms with Gasteiger partial charge in [-0.05, 0) is 48.4 Å². The van der Waals surface area contributed by atoms with Gasteiger partial charge in [0.15, 0.2) is 0 Å². The van der Waals surface area contributed by atoms with Gasteiger partial charge in [-0.2, -0.15) is 5.10 Å². The Balaban J connectivity index is 1.92. The molecular formula is C16H13Cl2N3O2. The highest BCUT2D eigenvalue weighted by molar-refractivity contribution is 6.39. The summed E-state index contributed by atoms with van der Waals surface area (Å²) in [4.78, 5) is 23.5. The fourth-order valence-corrected chi connectivity index (χ4v) is 2.06. The van der Waals surface area contributed by atoms with Crippen LogP contribution in [0.15, 0.2) is 47.6 Å². The monoisotopic (exact) mass is 349 g/mol. The number of anilines is 1. The molecule has 2 N–H and O–H groups in total. The van der Waals surface area contributed by atoms with Crippen molar-refractivity contribution in [3.63, 3.8) is 0 Å². The Hall–Kier alpha value is -2.37. The Kier molecular flexibility index (Phi) is 5.73. The Morgan fingerprint density at radius 1 is 1.00 bits per heavy atom. The lowest BCUT2D eigenvalue weighted by Crippen LogP contribution is -2.32. The maximum Gasteiger partial charge on any atom is 0.329 e. The molecule has 5 nitrogen and oxygen atoms in total. The summed E-state index contributed by atoms with van der Waals surface area (Å²) in [5.41, 5.74) is 4.16. The van der Waals surface area contributed by atoms with Crippen LogP contribution in [-0.2, 0) is 9.59 Å². The molecule has 118 valence electrons. The topological polar surface area (TPSA) is 70.6 Å². The molecule has 2 amide bonds. The van der Waals surface area contributed by atoms with Crippen molar-refractivity contribution in [2.75, 3.05) is 5.32 Å². The molecule has 2 aromatic carbocycles. The summed E-state index contributed by atoms with van der Waals surface area (Å²) in [6.45, 7) is 1.78. The molecule has 0 aliphatic carbocycles. The summed E-state index contributed by atoms with van der Waals surface area (Å²) in [7, 11) is 0. The van der Waals surface area contributed by atoms with Crippen LogP contribution >= 0.6 is 23.2 Å². The average Bonchev–Trinajstić information content (AvgIpc) is 2.51. The molecule has 0 fully saturated rings. The van der Waals surface area contributed by atoms with Crippen LogP contribution in [0.25, 0.3) is 0 Å². The molecule has 0 atom stereocenters. The summed E-state index contributed by atoms with van der Waals surface area (Å²) >= 11 is 11.6. The van der Waals surface area contributed by atoms with Crippen molar-refractivity contribution < 1.29 is 9.59 Å². The van der Waals surface area contributed by atoms with Gasteiger partial charge in [0.2, 0.25) is 0 Å². The molecule has 0 unspecified atom stereocenters. The van der Waals surface area contributed by atoms with Crippen LogP contribution in [0.2, 0.25) is 10.0 Å². The summed E-state index contributed by atoms with van der Waals surface area (Å²) in [6.07, 6.45) is 1.41. The number of carbonyl (C=O) groups excluding carboxylic acids is 2. The molecular weight excluding hydrogens is 337 g/mol. The predicted octanol–water partition coefficient (Wildman–Crippen LogP) is 3.39. The van der Waals surface area contributed by atoms with Crippen LogP contribution in [0.4, 0.5) is 5.69 Å². The number of nitrogens with zero attached hydrogens (tertiary/aromatic N) is 1. The lowest BCUT2D eigenvalue weighted by molar-refractivity contribution is -0.136. The van der Waals surface area contributed by atoms with E-state index < -0.39 is 11.8 Å². The fraction of sp³-hybridized carbons (Fsp3) is 0.0625. The highest BCUT2D eigenvalue weighted by Crippen LogP contribution is 2.19. The van der Waals surface area contributed by atoms with Gasteiger partial charge in [-0.3, -0.25) is 9.59 Å². The largest absolute Gasteiger partial charge is 0.329 e. The van der Waals surface area contributed by atoms with Gasteiger partial charge in [0.05, 0.1) is 6.21 Å². The smallest absolute Gasteiger partial charge is 0.317 e. The normalized spacial score (nSPS) is 10.6. The Bertz CT molecular complexity index is 758. The fourth-order valence-electron chi connectivity index (χ4n) is 1.71. The molecule has 0 aliphatic rings. The van der Waals surface area contributed by atoms with E-state index in [1.807, 2.05) is 0 Å². The molecule has 2 aromatic rings. The molecule has 7 heteroatoms. The van der Waals surface area contributed by atoms with Gasteiger partial charge in [0.1, 0.15) is 0 Å². The number of rotatable bonds is 3. The third-order valence-electron chi connectivity index (χ3n) is 2.89. The van der Waals surface area contributed by atoms with Crippen molar-refractivity contribution in [2.24, 2.45) is 5.10 Å². The van der Waals surface area contributed by atoms with Crippen LogP contribution in [0.5, 0.6) is 0 Å². The van der Waals surface area contributed by atoms with Crippen molar-refractivity contribution in [1.82, 2.24) is 5.43 Å². The zero-order valence-corrected chi connectivity index (χ0v) is 13.7. The van der Waals surface area contributed by atoms with E-state index in [1.54, 1.807) is 49.4 Å². The minimum Gasteiger partial charge on any atom is -0.317 e. The quantitative estimate of drug-likeness (QED) is 0.506. The van der Waals surface area contributed by atoms with E-state index in [1.165, 1.54) is 6.21 Å². The van der Waals surface area contributed by atoms with Gasteiger partial charge in [-0.1, -0.05) is 35.3 Å². The highest BCUT2D eigenvalue weighted by Gasteiger charge is 2.13. The van der Waals surface area contributed by atoms with E-state index >= 15 is 0 Å². The third-order valence-corrected chi connectivity index (χ3v) is 3.38. The summed E-state index contributed by atoms with van der Waals surface area (Å²) in [6, 6.07) is 11.8. The van der Waals surface area contributed by atoms with Crippen LogP contribution < -0.4 is 10.7 Å². The second-order valence-electron chi connectivity index (χ2n) is 4.66. The molecule has 0 heterocycles. The van der Waals surface area contributed by atoms with E-state index in [0.29, 0.717) is 15.7 Å². The first-order chi connectivity index (χ1) is 11.0. The number of aryl methyl sites for hydroxylation is 1. The Morgan fingerprint density at radius 3 is 2.30 bits per heavy atom. The van der Waals surface area contributed by atoms with Crippen LogP contribution in [0.1, 0.15) is 11.1 Å². The highest BCUT2D eigenvalue weighted by atomic mass is 35.5. The number of hydrazone groups is 1. The van der Waals surface area contributed by atoms with Crippen LogP contribution in [0, 0.1) is 6.92 Å². The minimum atomic E-state index is -0.871. The first-order valence-electron chi connectivity index (χ1n) is 6.62. The number of hydrogen-bond acceptors (Lipinski definition) is 3. The number of nitrogens with one attached hydrogen (secondary N) is 2. The minimum absolute atomic E-state index is 0.510. The molecule has 0 aliphatic heterocycles. The standard InChI is InChI=1S/C16H13Cl2N3O2/c1-10-8-13(18)6-7-14(10)20-15(22)16(23)21-19-9-11-2-4-12(17)5-3-11/h2-9H,1H3,(H,20,22)(H,21,23)/b19-9+. The molecule has 2 rings (SSSR count). The van der Waals surface area contributed by atoms with Crippen LogP contribution in [0.3, 0.4) is 0 Å². The van der Waals surface area contributed by atoms with Crippen molar-refractivity contribution in [3.8, 4) is 0 Å². The number of benzene rings is 2. The van der Waals surface area contributed by atoms with Gasteiger partial charge < -0.3 is 5.32 Å². The maximum atomic E-state index is 11.8. The zero-order valence-electron chi connectivity index (χ0n) is 12.1. The molecule has 0 aromatic heterocycles. The predicted molar refractivity (Wildman–Crippen MR) is 92.0 cm³/mol. The molecule has 0 saturated carbocycles. The van der Waals surface area contributed by atoms with Gasteiger partial charge in [0.25, 0.3) is 0 Å². The van der Waals surface area contributed by atoms with Crippen molar-refractivity contribution in [1.29, 1.82) is 0 Å². The second-order valence-corrected chi connectivity index (χ2v) is 5.54.